The number of carbonyl (C=O) groups is 2. The van der Waals surface area contributed by atoms with E-state index in [4.69, 9.17) is 0 Å². The summed E-state index contributed by atoms with van der Waals surface area (Å²) in [6.45, 7) is 3.97. The lowest BCUT2D eigenvalue weighted by Gasteiger charge is -2.63. The zero-order valence-electron chi connectivity index (χ0n) is 18.7. The summed E-state index contributed by atoms with van der Waals surface area (Å²) in [6.07, 6.45) is 22.3. The number of unbranched alkanes of at least 4 members (excludes halogenated alkanes) is 4. The molecule has 0 saturated heterocycles. The average molecular weight is 389 g/mol. The maximum Gasteiger partial charge on any atom is 0.132 e. The summed E-state index contributed by atoms with van der Waals surface area (Å²) in [4.78, 5) is 23.0. The molecule has 2 heteroatoms. The normalized spacial score (nSPS) is 33.4. The second-order valence-corrected chi connectivity index (χ2v) is 10.9. The number of ketones is 2. The zero-order valence-corrected chi connectivity index (χ0v) is 18.7. The highest BCUT2D eigenvalue weighted by atomic mass is 16.1. The SMILES string of the molecule is CCC(=O)CCCCCC12CC3CC(C1)CC(CCCCCC(=O)CC)(C3)C2. The molecular weight excluding hydrogens is 344 g/mol. The lowest BCUT2D eigenvalue weighted by molar-refractivity contribution is -0.119. The monoisotopic (exact) mass is 388 g/mol. The maximum absolute atomic E-state index is 11.5. The Labute approximate surface area is 173 Å². The quantitative estimate of drug-likeness (QED) is 0.290. The highest BCUT2D eigenvalue weighted by molar-refractivity contribution is 5.78. The van der Waals surface area contributed by atoms with E-state index in [1.807, 2.05) is 13.8 Å². The van der Waals surface area contributed by atoms with E-state index in [9.17, 15) is 9.59 Å². The fourth-order valence-corrected chi connectivity index (χ4v) is 7.59. The molecule has 4 fully saturated rings. The highest BCUT2D eigenvalue weighted by Crippen LogP contribution is 2.68. The first-order valence-electron chi connectivity index (χ1n) is 12.5. The van der Waals surface area contributed by atoms with E-state index in [-0.39, 0.29) is 0 Å². The molecule has 0 heterocycles. The van der Waals surface area contributed by atoms with Crippen LogP contribution in [0, 0.1) is 22.7 Å². The van der Waals surface area contributed by atoms with Gasteiger partial charge in [-0.2, -0.15) is 0 Å². The smallest absolute Gasteiger partial charge is 0.132 e. The van der Waals surface area contributed by atoms with Gasteiger partial charge in [-0.3, -0.25) is 9.59 Å². The Hall–Kier alpha value is -0.660. The summed E-state index contributed by atoms with van der Waals surface area (Å²) < 4.78 is 0. The van der Waals surface area contributed by atoms with Gasteiger partial charge in [0.25, 0.3) is 0 Å². The van der Waals surface area contributed by atoms with Gasteiger partial charge in [-0.1, -0.05) is 39.5 Å². The van der Waals surface area contributed by atoms with Crippen molar-refractivity contribution in [1.29, 1.82) is 0 Å². The Bertz CT molecular complexity index is 477. The highest BCUT2D eigenvalue weighted by Gasteiger charge is 2.56. The largest absolute Gasteiger partial charge is 0.300 e. The number of hydrogen-bond donors (Lipinski definition) is 0. The lowest BCUT2D eigenvalue weighted by atomic mass is 9.42. The molecule has 4 bridgehead atoms. The maximum atomic E-state index is 11.5. The van der Waals surface area contributed by atoms with Crippen molar-refractivity contribution in [1.82, 2.24) is 0 Å². The summed E-state index contributed by atoms with van der Waals surface area (Å²) in [5.74, 6) is 2.89. The molecule has 0 unspecified atom stereocenters. The Morgan fingerprint density at radius 1 is 0.679 bits per heavy atom. The van der Waals surface area contributed by atoms with E-state index < -0.39 is 0 Å². The van der Waals surface area contributed by atoms with Gasteiger partial charge in [-0.25, -0.2) is 0 Å². The molecule has 28 heavy (non-hydrogen) atoms. The molecule has 0 aliphatic heterocycles. The minimum absolute atomic E-state index is 0.439. The van der Waals surface area contributed by atoms with Crippen LogP contribution in [0.2, 0.25) is 0 Å². The van der Waals surface area contributed by atoms with Crippen LogP contribution in [0.5, 0.6) is 0 Å². The summed E-state index contributed by atoms with van der Waals surface area (Å²) in [6, 6.07) is 0. The average Bonchev–Trinajstić information content (AvgIpc) is 2.65. The van der Waals surface area contributed by atoms with Crippen molar-refractivity contribution >= 4 is 11.6 Å². The Morgan fingerprint density at radius 2 is 1.11 bits per heavy atom. The second-order valence-electron chi connectivity index (χ2n) is 10.9. The van der Waals surface area contributed by atoms with Crippen molar-refractivity contribution in [2.45, 2.75) is 129 Å². The summed E-state index contributed by atoms with van der Waals surface area (Å²) >= 11 is 0. The van der Waals surface area contributed by atoms with E-state index in [1.165, 1.54) is 77.0 Å². The van der Waals surface area contributed by atoms with Crippen LogP contribution >= 0.6 is 0 Å². The number of carbonyl (C=O) groups excluding carboxylic acids is 2. The third-order valence-corrected chi connectivity index (χ3v) is 8.42. The fourth-order valence-electron chi connectivity index (χ4n) is 7.59. The van der Waals surface area contributed by atoms with Gasteiger partial charge in [0.2, 0.25) is 0 Å². The number of Topliss-reactive ketones (excluding diaryl/α,β-unsaturated/α-hetero) is 2. The van der Waals surface area contributed by atoms with Crippen LogP contribution < -0.4 is 0 Å². The topological polar surface area (TPSA) is 34.1 Å². The Balaban J connectivity index is 1.44. The minimum Gasteiger partial charge on any atom is -0.300 e. The van der Waals surface area contributed by atoms with Crippen LogP contribution in [0.1, 0.15) is 129 Å². The molecule has 0 atom stereocenters. The van der Waals surface area contributed by atoms with Crippen LogP contribution in [0.3, 0.4) is 0 Å². The molecular formula is C26H44O2. The van der Waals surface area contributed by atoms with E-state index in [1.54, 1.807) is 0 Å². The molecule has 4 saturated carbocycles. The molecule has 0 N–H and O–H groups in total. The molecule has 0 aromatic carbocycles. The predicted molar refractivity (Wildman–Crippen MR) is 116 cm³/mol. The van der Waals surface area contributed by atoms with Crippen molar-refractivity contribution in [3.05, 3.63) is 0 Å². The first-order valence-corrected chi connectivity index (χ1v) is 12.5. The van der Waals surface area contributed by atoms with Crippen LogP contribution in [0.15, 0.2) is 0 Å². The first kappa shape index (κ1) is 22.0. The fraction of sp³-hybridized carbons (Fsp3) is 0.923. The molecule has 0 spiro atoms. The third-order valence-electron chi connectivity index (χ3n) is 8.42. The van der Waals surface area contributed by atoms with Gasteiger partial charge < -0.3 is 0 Å². The molecule has 0 aromatic heterocycles. The van der Waals surface area contributed by atoms with E-state index in [2.05, 4.69) is 0 Å². The Morgan fingerprint density at radius 3 is 1.50 bits per heavy atom. The van der Waals surface area contributed by atoms with E-state index >= 15 is 0 Å². The van der Waals surface area contributed by atoms with Gasteiger partial charge in [0.05, 0.1) is 0 Å². The van der Waals surface area contributed by atoms with Gasteiger partial charge in [0.1, 0.15) is 11.6 Å². The molecule has 4 aliphatic rings. The van der Waals surface area contributed by atoms with E-state index in [0.29, 0.717) is 35.2 Å². The van der Waals surface area contributed by atoms with Crippen LogP contribution in [-0.2, 0) is 9.59 Å². The van der Waals surface area contributed by atoms with Gasteiger partial charge in [0, 0.05) is 25.7 Å². The van der Waals surface area contributed by atoms with E-state index in [0.717, 1.165) is 37.5 Å². The van der Waals surface area contributed by atoms with Crippen LogP contribution in [0.25, 0.3) is 0 Å². The van der Waals surface area contributed by atoms with Crippen LogP contribution in [0.4, 0.5) is 0 Å². The molecule has 4 aliphatic carbocycles. The predicted octanol–water partition coefficient (Wildman–Crippen LogP) is 7.43. The Kier molecular flexibility index (Phi) is 7.79. The zero-order chi connectivity index (χ0) is 20.0. The van der Waals surface area contributed by atoms with Crippen molar-refractivity contribution in [3.63, 3.8) is 0 Å². The molecule has 0 aromatic rings. The standard InChI is InChI=1S/C26H44O2/c1-3-23(27)11-7-5-9-13-25-16-21-15-22(17-25)19-26(18-21,20-25)14-10-6-8-12-24(28)4-2/h21-22H,3-20H2,1-2H3. The summed E-state index contributed by atoms with van der Waals surface area (Å²) in [5.41, 5.74) is 1.30. The lowest BCUT2D eigenvalue weighted by Crippen LogP contribution is -2.51. The van der Waals surface area contributed by atoms with Crippen molar-refractivity contribution < 1.29 is 9.59 Å². The first-order chi connectivity index (χ1) is 13.5. The number of rotatable bonds is 14. The molecule has 160 valence electrons. The van der Waals surface area contributed by atoms with Crippen molar-refractivity contribution in [3.8, 4) is 0 Å². The van der Waals surface area contributed by atoms with Gasteiger partial charge in [-0.15, -0.1) is 0 Å². The van der Waals surface area contributed by atoms with Crippen molar-refractivity contribution in [2.24, 2.45) is 22.7 Å². The van der Waals surface area contributed by atoms with Gasteiger partial charge in [0.15, 0.2) is 0 Å². The summed E-state index contributed by atoms with van der Waals surface area (Å²) in [5, 5.41) is 0. The summed E-state index contributed by atoms with van der Waals surface area (Å²) in [7, 11) is 0. The van der Waals surface area contributed by atoms with Crippen LogP contribution in [-0.4, -0.2) is 11.6 Å². The number of hydrogen-bond acceptors (Lipinski definition) is 2. The molecule has 0 amide bonds. The van der Waals surface area contributed by atoms with Gasteiger partial charge >= 0.3 is 0 Å². The third kappa shape index (κ3) is 5.70. The molecule has 0 radical (unpaired) electrons. The van der Waals surface area contributed by atoms with Crippen molar-refractivity contribution in [2.75, 3.05) is 0 Å². The molecule has 4 rings (SSSR count). The molecule has 2 nitrogen and oxygen atoms in total. The minimum atomic E-state index is 0.439. The second kappa shape index (κ2) is 9.90. The van der Waals surface area contributed by atoms with Gasteiger partial charge in [-0.05, 0) is 86.9 Å².